The lowest BCUT2D eigenvalue weighted by atomic mass is 10.3. The number of methoxy groups -OCH3 is 1. The van der Waals surface area contributed by atoms with Crippen LogP contribution in [0.2, 0.25) is 0 Å². The first-order valence-corrected chi connectivity index (χ1v) is 4.42. The molecule has 12 heavy (non-hydrogen) atoms. The molecular weight excluding hydrogens is 174 g/mol. The van der Waals surface area contributed by atoms with Gasteiger partial charge in [-0.15, -0.1) is 11.3 Å². The Morgan fingerprint density at radius 2 is 2.25 bits per heavy atom. The van der Waals surface area contributed by atoms with E-state index in [1.807, 2.05) is 13.8 Å². The molecule has 0 saturated heterocycles. The van der Waals surface area contributed by atoms with Gasteiger partial charge in [-0.3, -0.25) is 0 Å². The average molecular weight is 185 g/mol. The molecule has 0 aromatic carbocycles. The third-order valence-corrected chi connectivity index (χ3v) is 2.71. The number of hydrogen-bond acceptors (Lipinski definition) is 4. The van der Waals surface area contributed by atoms with E-state index < -0.39 is 6.10 Å². The Hall–Kier alpha value is -0.740. The zero-order chi connectivity index (χ0) is 9.14. The second-order valence-electron chi connectivity index (χ2n) is 2.47. The van der Waals surface area contributed by atoms with E-state index in [1.165, 1.54) is 18.4 Å². The average Bonchev–Trinajstić information content (AvgIpc) is 2.34. The second-order valence-corrected chi connectivity index (χ2v) is 3.71. The van der Waals surface area contributed by atoms with Gasteiger partial charge in [0.1, 0.15) is 6.10 Å². The summed E-state index contributed by atoms with van der Waals surface area (Å²) in [6.07, 6.45) is 0.344. The fourth-order valence-corrected chi connectivity index (χ4v) is 2.00. The van der Waals surface area contributed by atoms with Crippen LogP contribution in [0.4, 0.5) is 0 Å². The Morgan fingerprint density at radius 1 is 1.58 bits per heavy atom. The SMILES string of the molecule is COC(C=O)c1sc(C)nc1C. The van der Waals surface area contributed by atoms with Crippen molar-refractivity contribution in [3.8, 4) is 0 Å². The van der Waals surface area contributed by atoms with Gasteiger partial charge in [0.25, 0.3) is 0 Å². The minimum atomic E-state index is -0.448. The van der Waals surface area contributed by atoms with Crippen molar-refractivity contribution in [3.63, 3.8) is 0 Å². The Morgan fingerprint density at radius 3 is 2.58 bits per heavy atom. The molecule has 0 aliphatic rings. The molecule has 0 aliphatic carbocycles. The summed E-state index contributed by atoms with van der Waals surface area (Å²) in [4.78, 5) is 15.7. The number of carbonyl (C=O) groups excluding carboxylic acids is 1. The molecule has 1 aromatic rings. The Balaban J connectivity index is 2.99. The van der Waals surface area contributed by atoms with Gasteiger partial charge < -0.3 is 9.53 Å². The molecule has 0 radical (unpaired) electrons. The lowest BCUT2D eigenvalue weighted by molar-refractivity contribution is -0.116. The van der Waals surface area contributed by atoms with E-state index in [9.17, 15) is 4.79 Å². The topological polar surface area (TPSA) is 39.2 Å². The van der Waals surface area contributed by atoms with Gasteiger partial charge in [-0.1, -0.05) is 0 Å². The molecule has 4 heteroatoms. The van der Waals surface area contributed by atoms with Gasteiger partial charge in [-0.05, 0) is 13.8 Å². The largest absolute Gasteiger partial charge is 0.368 e. The van der Waals surface area contributed by atoms with Crippen molar-refractivity contribution in [1.82, 2.24) is 4.98 Å². The minimum absolute atomic E-state index is 0.448. The van der Waals surface area contributed by atoms with Gasteiger partial charge in [0.15, 0.2) is 6.29 Å². The maximum Gasteiger partial charge on any atom is 0.154 e. The number of thiazole rings is 1. The molecule has 3 nitrogen and oxygen atoms in total. The third-order valence-electron chi connectivity index (χ3n) is 1.58. The third kappa shape index (κ3) is 1.70. The Labute approximate surface area is 75.4 Å². The van der Waals surface area contributed by atoms with Crippen molar-refractivity contribution in [2.75, 3.05) is 7.11 Å². The highest BCUT2D eigenvalue weighted by atomic mass is 32.1. The highest BCUT2D eigenvalue weighted by Crippen LogP contribution is 2.25. The van der Waals surface area contributed by atoms with Gasteiger partial charge in [-0.25, -0.2) is 4.98 Å². The van der Waals surface area contributed by atoms with Crippen LogP contribution >= 0.6 is 11.3 Å². The van der Waals surface area contributed by atoms with E-state index >= 15 is 0 Å². The summed E-state index contributed by atoms with van der Waals surface area (Å²) < 4.78 is 4.98. The van der Waals surface area contributed by atoms with Crippen LogP contribution < -0.4 is 0 Å². The van der Waals surface area contributed by atoms with E-state index in [0.29, 0.717) is 0 Å². The zero-order valence-corrected chi connectivity index (χ0v) is 8.14. The molecule has 0 fully saturated rings. The number of hydrogen-bond donors (Lipinski definition) is 0. The van der Waals surface area contributed by atoms with E-state index in [-0.39, 0.29) is 0 Å². The normalized spacial score (nSPS) is 12.9. The lowest BCUT2D eigenvalue weighted by Crippen LogP contribution is -2.01. The highest BCUT2D eigenvalue weighted by Gasteiger charge is 2.15. The summed E-state index contributed by atoms with van der Waals surface area (Å²) in [6, 6.07) is 0. The number of carbonyl (C=O) groups is 1. The number of aldehydes is 1. The van der Waals surface area contributed by atoms with Crippen molar-refractivity contribution >= 4 is 17.6 Å². The molecule has 1 heterocycles. The van der Waals surface area contributed by atoms with Crippen LogP contribution in [0.25, 0.3) is 0 Å². The van der Waals surface area contributed by atoms with Crippen molar-refractivity contribution in [3.05, 3.63) is 15.6 Å². The molecule has 1 unspecified atom stereocenters. The molecule has 1 aromatic heterocycles. The van der Waals surface area contributed by atoms with E-state index in [1.54, 1.807) is 0 Å². The number of aryl methyl sites for hydroxylation is 2. The molecule has 0 bridgehead atoms. The minimum Gasteiger partial charge on any atom is -0.368 e. The van der Waals surface area contributed by atoms with Crippen molar-refractivity contribution < 1.29 is 9.53 Å². The van der Waals surface area contributed by atoms with Crippen molar-refractivity contribution in [2.24, 2.45) is 0 Å². The van der Waals surface area contributed by atoms with E-state index in [0.717, 1.165) is 21.9 Å². The number of rotatable bonds is 3. The summed E-state index contributed by atoms with van der Waals surface area (Å²) in [5.74, 6) is 0. The predicted molar refractivity (Wildman–Crippen MR) is 47.4 cm³/mol. The van der Waals surface area contributed by atoms with E-state index in [2.05, 4.69) is 4.98 Å². The molecule has 1 atom stereocenters. The Bertz CT molecular complexity index is 283. The second kappa shape index (κ2) is 3.78. The number of ether oxygens (including phenoxy) is 1. The van der Waals surface area contributed by atoms with Gasteiger partial charge in [-0.2, -0.15) is 0 Å². The smallest absolute Gasteiger partial charge is 0.154 e. The van der Waals surface area contributed by atoms with Crippen LogP contribution in [0.5, 0.6) is 0 Å². The van der Waals surface area contributed by atoms with Crippen LogP contribution in [0.15, 0.2) is 0 Å². The summed E-state index contributed by atoms with van der Waals surface area (Å²) in [5.41, 5.74) is 0.886. The zero-order valence-electron chi connectivity index (χ0n) is 7.33. The summed E-state index contributed by atoms with van der Waals surface area (Å²) >= 11 is 1.50. The molecule has 0 N–H and O–H groups in total. The fraction of sp³-hybridized carbons (Fsp3) is 0.500. The quantitative estimate of drug-likeness (QED) is 0.672. The lowest BCUT2D eigenvalue weighted by Gasteiger charge is -2.04. The monoisotopic (exact) mass is 185 g/mol. The van der Waals surface area contributed by atoms with E-state index in [4.69, 9.17) is 4.74 Å². The number of nitrogens with zero attached hydrogens (tertiary/aromatic N) is 1. The molecule has 0 amide bonds. The molecule has 0 saturated carbocycles. The standard InChI is InChI=1S/C8H11NO2S/c1-5-8(7(4-10)11-3)12-6(2)9-5/h4,7H,1-3H3. The predicted octanol–water partition coefficient (Wildman–Crippen LogP) is 1.65. The highest BCUT2D eigenvalue weighted by molar-refractivity contribution is 7.11. The molecule has 66 valence electrons. The molecular formula is C8H11NO2S. The van der Waals surface area contributed by atoms with Crippen LogP contribution in [0.3, 0.4) is 0 Å². The fourth-order valence-electron chi connectivity index (χ4n) is 1.04. The maximum absolute atomic E-state index is 10.6. The van der Waals surface area contributed by atoms with Gasteiger partial charge in [0.05, 0.1) is 15.6 Å². The maximum atomic E-state index is 10.6. The van der Waals surface area contributed by atoms with Crippen LogP contribution in [-0.4, -0.2) is 18.4 Å². The van der Waals surface area contributed by atoms with Crippen LogP contribution in [0, 0.1) is 13.8 Å². The first kappa shape index (κ1) is 9.35. The molecule has 0 spiro atoms. The summed E-state index contributed by atoms with van der Waals surface area (Å²) in [6.45, 7) is 3.80. The van der Waals surface area contributed by atoms with Crippen molar-refractivity contribution in [1.29, 1.82) is 0 Å². The molecule has 1 rings (SSSR count). The van der Waals surface area contributed by atoms with Crippen molar-refractivity contribution in [2.45, 2.75) is 20.0 Å². The summed E-state index contributed by atoms with van der Waals surface area (Å²) in [5, 5.41) is 0.964. The van der Waals surface area contributed by atoms with Crippen LogP contribution in [0.1, 0.15) is 21.7 Å². The summed E-state index contributed by atoms with van der Waals surface area (Å²) in [7, 11) is 1.52. The molecule has 0 aliphatic heterocycles. The first-order chi connectivity index (χ1) is 5.69. The van der Waals surface area contributed by atoms with Gasteiger partial charge in [0.2, 0.25) is 0 Å². The Kier molecular flexibility index (Phi) is 2.94. The number of aromatic nitrogens is 1. The first-order valence-electron chi connectivity index (χ1n) is 3.61. The van der Waals surface area contributed by atoms with Gasteiger partial charge in [0, 0.05) is 7.11 Å². The van der Waals surface area contributed by atoms with Gasteiger partial charge >= 0.3 is 0 Å². The van der Waals surface area contributed by atoms with Crippen LogP contribution in [-0.2, 0) is 9.53 Å².